The van der Waals surface area contributed by atoms with Crippen LogP contribution in [0, 0.1) is 0 Å². The lowest BCUT2D eigenvalue weighted by molar-refractivity contribution is 0.0683. The molecular formula is C15H16N2O2. The lowest BCUT2D eigenvalue weighted by atomic mass is 9.86. The van der Waals surface area contributed by atoms with Crippen molar-refractivity contribution >= 4 is 5.97 Å². The number of hydrogen-bond donors (Lipinski definition) is 1. The number of benzene rings is 1. The molecule has 0 amide bonds. The normalized spacial score (nSPS) is 20.2. The molecule has 3 rings (SSSR count). The van der Waals surface area contributed by atoms with Gasteiger partial charge in [-0.1, -0.05) is 38.1 Å². The van der Waals surface area contributed by atoms with Crippen LogP contribution in [0.15, 0.2) is 36.8 Å². The van der Waals surface area contributed by atoms with E-state index in [1.54, 1.807) is 10.9 Å². The van der Waals surface area contributed by atoms with E-state index < -0.39 is 5.97 Å². The van der Waals surface area contributed by atoms with E-state index >= 15 is 0 Å². The first-order valence-corrected chi connectivity index (χ1v) is 6.35. The third-order valence-corrected chi connectivity index (χ3v) is 3.97. The number of aromatic carboxylic acids is 1. The second-order valence-electron chi connectivity index (χ2n) is 5.68. The average Bonchev–Trinajstić information content (AvgIpc) is 2.93. The Kier molecular flexibility index (Phi) is 2.49. The highest BCUT2D eigenvalue weighted by Crippen LogP contribution is 2.46. The molecule has 0 aliphatic heterocycles. The molecule has 1 aromatic carbocycles. The van der Waals surface area contributed by atoms with Crippen LogP contribution in [-0.2, 0) is 5.41 Å². The summed E-state index contributed by atoms with van der Waals surface area (Å²) in [4.78, 5) is 15.2. The van der Waals surface area contributed by atoms with E-state index in [0.29, 0.717) is 0 Å². The van der Waals surface area contributed by atoms with Crippen LogP contribution in [0.3, 0.4) is 0 Å². The summed E-state index contributed by atoms with van der Waals surface area (Å²) in [6.07, 6.45) is 3.92. The first kappa shape index (κ1) is 12.0. The van der Waals surface area contributed by atoms with Gasteiger partial charge in [-0.25, -0.2) is 9.78 Å². The molecular weight excluding hydrogens is 240 g/mol. The minimum absolute atomic E-state index is 0.0554. The molecule has 1 aromatic heterocycles. The summed E-state index contributed by atoms with van der Waals surface area (Å²) in [6.45, 7) is 4.40. The summed E-state index contributed by atoms with van der Waals surface area (Å²) in [7, 11) is 0. The third kappa shape index (κ3) is 1.75. The monoisotopic (exact) mass is 256 g/mol. The Labute approximate surface area is 111 Å². The zero-order valence-electron chi connectivity index (χ0n) is 11.0. The molecule has 19 heavy (non-hydrogen) atoms. The molecule has 4 nitrogen and oxygen atoms in total. The van der Waals surface area contributed by atoms with Crippen molar-refractivity contribution in [1.82, 2.24) is 9.55 Å². The predicted molar refractivity (Wildman–Crippen MR) is 71.4 cm³/mol. The van der Waals surface area contributed by atoms with Crippen molar-refractivity contribution in [2.75, 3.05) is 0 Å². The predicted octanol–water partition coefficient (Wildman–Crippen LogP) is 2.85. The SMILES string of the molecule is CC1(C)CC(n2cncc2C(=O)O)c2ccccc21. The number of hydrogen-bond acceptors (Lipinski definition) is 2. The number of nitrogens with zero attached hydrogens (tertiary/aromatic N) is 2. The summed E-state index contributed by atoms with van der Waals surface area (Å²) < 4.78 is 1.77. The highest BCUT2D eigenvalue weighted by Gasteiger charge is 2.38. The van der Waals surface area contributed by atoms with Crippen molar-refractivity contribution in [2.24, 2.45) is 0 Å². The number of rotatable bonds is 2. The van der Waals surface area contributed by atoms with Crippen LogP contribution in [0.1, 0.15) is 47.9 Å². The maximum atomic E-state index is 11.3. The lowest BCUT2D eigenvalue weighted by Crippen LogP contribution is -2.16. The Balaban J connectivity index is 2.14. The number of imidazole rings is 1. The highest BCUT2D eigenvalue weighted by molar-refractivity contribution is 5.85. The zero-order chi connectivity index (χ0) is 13.6. The second-order valence-corrected chi connectivity index (χ2v) is 5.68. The fraction of sp³-hybridized carbons (Fsp3) is 0.333. The maximum Gasteiger partial charge on any atom is 0.354 e. The Morgan fingerprint density at radius 3 is 2.89 bits per heavy atom. The van der Waals surface area contributed by atoms with Crippen molar-refractivity contribution in [3.8, 4) is 0 Å². The van der Waals surface area contributed by atoms with Gasteiger partial charge >= 0.3 is 5.97 Å². The Morgan fingerprint density at radius 1 is 1.42 bits per heavy atom. The Hall–Kier alpha value is -2.10. The Bertz CT molecular complexity index is 643. The molecule has 1 aliphatic rings. The van der Waals surface area contributed by atoms with Gasteiger partial charge in [-0.2, -0.15) is 0 Å². The van der Waals surface area contributed by atoms with Crippen LogP contribution >= 0.6 is 0 Å². The summed E-state index contributed by atoms with van der Waals surface area (Å²) in [5, 5.41) is 9.23. The highest BCUT2D eigenvalue weighted by atomic mass is 16.4. The molecule has 0 spiro atoms. The molecule has 1 heterocycles. The maximum absolute atomic E-state index is 11.3. The van der Waals surface area contributed by atoms with Crippen molar-refractivity contribution < 1.29 is 9.90 Å². The van der Waals surface area contributed by atoms with Crippen molar-refractivity contribution in [1.29, 1.82) is 0 Å². The van der Waals surface area contributed by atoms with Crippen LogP contribution in [-0.4, -0.2) is 20.6 Å². The second kappa shape index (κ2) is 3.95. The number of carboxylic acid groups (broad SMARTS) is 1. The zero-order valence-corrected chi connectivity index (χ0v) is 11.0. The van der Waals surface area contributed by atoms with Gasteiger partial charge in [0, 0.05) is 0 Å². The third-order valence-electron chi connectivity index (χ3n) is 3.97. The average molecular weight is 256 g/mol. The van der Waals surface area contributed by atoms with Crippen LogP contribution < -0.4 is 0 Å². The summed E-state index contributed by atoms with van der Waals surface area (Å²) in [5.74, 6) is -0.931. The molecule has 0 saturated carbocycles. The molecule has 1 aliphatic carbocycles. The molecule has 0 radical (unpaired) electrons. The minimum Gasteiger partial charge on any atom is -0.477 e. The standard InChI is InChI=1S/C15H16N2O2/c1-15(2)7-12(10-5-3-4-6-11(10)15)17-9-16-8-13(17)14(18)19/h3-6,8-9,12H,7H2,1-2H3,(H,18,19). The van der Waals surface area contributed by atoms with Gasteiger partial charge in [-0.15, -0.1) is 0 Å². The summed E-state index contributed by atoms with van der Waals surface area (Å²) in [6, 6.07) is 8.31. The van der Waals surface area contributed by atoms with Crippen LogP contribution in [0.4, 0.5) is 0 Å². The first-order valence-electron chi connectivity index (χ1n) is 6.35. The van der Waals surface area contributed by atoms with Crippen molar-refractivity contribution in [3.63, 3.8) is 0 Å². The smallest absolute Gasteiger partial charge is 0.354 e. The van der Waals surface area contributed by atoms with Gasteiger partial charge in [0.05, 0.1) is 18.6 Å². The molecule has 0 bridgehead atoms. The van der Waals surface area contributed by atoms with Crippen molar-refractivity contribution in [3.05, 3.63) is 53.6 Å². The molecule has 0 saturated heterocycles. The van der Waals surface area contributed by atoms with Gasteiger partial charge in [-0.05, 0) is 23.0 Å². The molecule has 1 unspecified atom stereocenters. The molecule has 1 N–H and O–H groups in total. The van der Waals surface area contributed by atoms with E-state index in [9.17, 15) is 9.90 Å². The van der Waals surface area contributed by atoms with E-state index in [1.165, 1.54) is 17.3 Å². The van der Waals surface area contributed by atoms with Gasteiger partial charge < -0.3 is 9.67 Å². The van der Waals surface area contributed by atoms with E-state index in [2.05, 4.69) is 31.0 Å². The molecule has 1 atom stereocenters. The first-order chi connectivity index (χ1) is 9.00. The van der Waals surface area contributed by atoms with Gasteiger partial charge in [0.1, 0.15) is 5.69 Å². The van der Waals surface area contributed by atoms with Crippen LogP contribution in [0.2, 0.25) is 0 Å². The van der Waals surface area contributed by atoms with Crippen LogP contribution in [0.25, 0.3) is 0 Å². The minimum atomic E-state index is -0.931. The van der Waals surface area contributed by atoms with E-state index in [1.807, 2.05) is 12.1 Å². The molecule has 4 heteroatoms. The van der Waals surface area contributed by atoms with E-state index in [-0.39, 0.29) is 17.2 Å². The largest absolute Gasteiger partial charge is 0.477 e. The van der Waals surface area contributed by atoms with Gasteiger partial charge in [-0.3, -0.25) is 0 Å². The number of fused-ring (bicyclic) bond motifs is 1. The molecule has 0 fully saturated rings. The lowest BCUT2D eigenvalue weighted by Gasteiger charge is -2.20. The number of carbonyl (C=O) groups is 1. The van der Waals surface area contributed by atoms with E-state index in [4.69, 9.17) is 0 Å². The summed E-state index contributed by atoms with van der Waals surface area (Å²) >= 11 is 0. The summed E-state index contributed by atoms with van der Waals surface area (Å²) in [5.41, 5.74) is 2.80. The Morgan fingerprint density at radius 2 is 2.16 bits per heavy atom. The molecule has 2 aromatic rings. The number of aromatic nitrogens is 2. The van der Waals surface area contributed by atoms with Gasteiger partial charge in [0.25, 0.3) is 0 Å². The van der Waals surface area contributed by atoms with Crippen LogP contribution in [0.5, 0.6) is 0 Å². The van der Waals surface area contributed by atoms with Crippen molar-refractivity contribution in [2.45, 2.75) is 31.7 Å². The quantitative estimate of drug-likeness (QED) is 0.898. The fourth-order valence-electron chi connectivity index (χ4n) is 3.07. The van der Waals surface area contributed by atoms with Gasteiger partial charge in [0.15, 0.2) is 0 Å². The van der Waals surface area contributed by atoms with Gasteiger partial charge in [0.2, 0.25) is 0 Å². The van der Waals surface area contributed by atoms with E-state index in [0.717, 1.165) is 6.42 Å². The number of carboxylic acids is 1. The topological polar surface area (TPSA) is 55.1 Å². The fourth-order valence-corrected chi connectivity index (χ4v) is 3.07. The molecule has 98 valence electrons.